The summed E-state index contributed by atoms with van der Waals surface area (Å²) in [5.41, 5.74) is 6.47. The van der Waals surface area contributed by atoms with Crippen LogP contribution in [0.3, 0.4) is 0 Å². The van der Waals surface area contributed by atoms with Crippen molar-refractivity contribution in [1.82, 2.24) is 9.78 Å². The van der Waals surface area contributed by atoms with Crippen LogP contribution in [0, 0.1) is 5.92 Å². The van der Waals surface area contributed by atoms with Crippen LogP contribution in [-0.4, -0.2) is 20.9 Å². The fraction of sp³-hybridized carbons (Fsp3) is 0.429. The van der Waals surface area contributed by atoms with Gasteiger partial charge in [-0.05, 0) is 24.5 Å². The van der Waals surface area contributed by atoms with Gasteiger partial charge in [-0.1, -0.05) is 32.0 Å². The van der Waals surface area contributed by atoms with Crippen LogP contribution in [0.4, 0.5) is 0 Å². The molecule has 1 unspecified atom stereocenters. The predicted molar refractivity (Wildman–Crippen MR) is 74.5 cm³/mol. The molecule has 0 radical (unpaired) electrons. The van der Waals surface area contributed by atoms with Gasteiger partial charge in [0, 0.05) is 6.04 Å². The molecule has 0 fully saturated rings. The van der Waals surface area contributed by atoms with Crippen LogP contribution >= 0.6 is 0 Å². The molecular formula is C14H19N3O3. The van der Waals surface area contributed by atoms with Crippen molar-refractivity contribution >= 4 is 0 Å². The summed E-state index contributed by atoms with van der Waals surface area (Å²) in [5, 5.41) is 14.1. The third-order valence-electron chi connectivity index (χ3n) is 2.97. The van der Waals surface area contributed by atoms with Gasteiger partial charge in [-0.25, -0.2) is 4.79 Å². The largest absolute Gasteiger partial charge is 0.442 e. The molecule has 1 heterocycles. The van der Waals surface area contributed by atoms with Crippen molar-refractivity contribution < 1.29 is 9.52 Å². The summed E-state index contributed by atoms with van der Waals surface area (Å²) < 4.78 is 6.11. The minimum Gasteiger partial charge on any atom is -0.389 e. The third-order valence-corrected chi connectivity index (χ3v) is 2.97. The van der Waals surface area contributed by atoms with Gasteiger partial charge < -0.3 is 15.3 Å². The average Bonchev–Trinajstić information content (AvgIpc) is 2.80. The highest BCUT2D eigenvalue weighted by Crippen LogP contribution is 2.18. The fourth-order valence-corrected chi connectivity index (χ4v) is 2.00. The van der Waals surface area contributed by atoms with Crippen LogP contribution in [0.1, 0.15) is 32.3 Å². The van der Waals surface area contributed by atoms with Gasteiger partial charge in [0.05, 0.1) is 5.69 Å². The number of hydrogen-bond donors (Lipinski definition) is 2. The lowest BCUT2D eigenvalue weighted by atomic mass is 10.0. The van der Waals surface area contributed by atoms with E-state index >= 15 is 0 Å². The highest BCUT2D eigenvalue weighted by atomic mass is 16.4. The zero-order chi connectivity index (χ0) is 14.7. The van der Waals surface area contributed by atoms with E-state index in [9.17, 15) is 9.90 Å². The van der Waals surface area contributed by atoms with Crippen molar-refractivity contribution in [1.29, 1.82) is 0 Å². The minimum absolute atomic E-state index is 0.0491. The van der Waals surface area contributed by atoms with Gasteiger partial charge in [-0.2, -0.15) is 4.68 Å². The Balaban J connectivity index is 2.25. The molecular weight excluding hydrogens is 258 g/mol. The zero-order valence-electron chi connectivity index (χ0n) is 11.6. The van der Waals surface area contributed by atoms with E-state index in [-0.39, 0.29) is 5.89 Å². The van der Waals surface area contributed by atoms with E-state index in [1.54, 1.807) is 24.3 Å². The van der Waals surface area contributed by atoms with Crippen molar-refractivity contribution in [3.63, 3.8) is 0 Å². The summed E-state index contributed by atoms with van der Waals surface area (Å²) in [5.74, 6) is -0.350. The van der Waals surface area contributed by atoms with E-state index in [1.807, 2.05) is 19.9 Å². The number of nitrogens with zero attached hydrogens (tertiary/aromatic N) is 2. The first-order chi connectivity index (χ1) is 9.49. The Hall–Kier alpha value is -1.92. The number of aliphatic hydroxyl groups excluding tert-OH is 1. The molecule has 0 amide bonds. The van der Waals surface area contributed by atoms with Gasteiger partial charge in [-0.3, -0.25) is 0 Å². The van der Waals surface area contributed by atoms with E-state index in [2.05, 4.69) is 5.10 Å². The fourth-order valence-electron chi connectivity index (χ4n) is 2.00. The monoisotopic (exact) mass is 277 g/mol. The van der Waals surface area contributed by atoms with E-state index in [4.69, 9.17) is 10.2 Å². The average molecular weight is 277 g/mol. The molecule has 3 N–H and O–H groups in total. The van der Waals surface area contributed by atoms with Gasteiger partial charge in [0.2, 0.25) is 5.89 Å². The number of rotatable bonds is 5. The third kappa shape index (κ3) is 3.15. The first-order valence-corrected chi connectivity index (χ1v) is 6.58. The van der Waals surface area contributed by atoms with Gasteiger partial charge in [0.25, 0.3) is 0 Å². The van der Waals surface area contributed by atoms with Crippen molar-refractivity contribution in [2.24, 2.45) is 11.7 Å². The van der Waals surface area contributed by atoms with Crippen LogP contribution < -0.4 is 11.5 Å². The smallest absolute Gasteiger partial charge is 0.389 e. The summed E-state index contributed by atoms with van der Waals surface area (Å²) in [6.07, 6.45) is -0.474. The number of aromatic nitrogens is 2. The molecule has 2 rings (SSSR count). The second-order valence-corrected chi connectivity index (χ2v) is 5.19. The van der Waals surface area contributed by atoms with Gasteiger partial charge in [0.15, 0.2) is 0 Å². The topological polar surface area (TPSA) is 94.3 Å². The Bertz CT molecular complexity index is 604. The maximum Gasteiger partial charge on any atom is 0.442 e. The highest BCUT2D eigenvalue weighted by Gasteiger charge is 2.24. The molecule has 0 aliphatic carbocycles. The van der Waals surface area contributed by atoms with E-state index in [0.717, 1.165) is 4.68 Å². The summed E-state index contributed by atoms with van der Waals surface area (Å²) >= 11 is 0. The highest BCUT2D eigenvalue weighted by molar-refractivity contribution is 5.29. The van der Waals surface area contributed by atoms with Gasteiger partial charge >= 0.3 is 5.76 Å². The molecule has 20 heavy (non-hydrogen) atoms. The lowest BCUT2D eigenvalue weighted by molar-refractivity contribution is 0.105. The Morgan fingerprint density at radius 3 is 2.60 bits per heavy atom. The van der Waals surface area contributed by atoms with Crippen LogP contribution in [0.2, 0.25) is 0 Å². The normalized spacial score (nSPS) is 14.4. The van der Waals surface area contributed by atoms with Crippen LogP contribution in [0.15, 0.2) is 39.5 Å². The molecule has 6 nitrogen and oxygen atoms in total. The lowest BCUT2D eigenvalue weighted by Gasteiger charge is -2.17. The number of aliphatic hydroxyl groups is 1. The molecule has 0 spiro atoms. The second-order valence-electron chi connectivity index (χ2n) is 5.19. The molecule has 6 heteroatoms. The Labute approximate surface area is 116 Å². The first kappa shape index (κ1) is 14.5. The van der Waals surface area contributed by atoms with Crippen LogP contribution in [0.5, 0.6) is 0 Å². The summed E-state index contributed by atoms with van der Waals surface area (Å²) in [6.45, 7) is 4.01. The molecule has 0 bridgehead atoms. The summed E-state index contributed by atoms with van der Waals surface area (Å²) in [6, 6.07) is 8.36. The van der Waals surface area contributed by atoms with Crippen molar-refractivity contribution in [2.75, 3.05) is 0 Å². The molecule has 2 aromatic rings. The molecule has 0 aliphatic heterocycles. The lowest BCUT2D eigenvalue weighted by Crippen LogP contribution is -2.30. The number of benzene rings is 1. The minimum atomic E-state index is -1.09. The maximum atomic E-state index is 11.8. The van der Waals surface area contributed by atoms with E-state index in [1.165, 1.54) is 0 Å². The quantitative estimate of drug-likeness (QED) is 0.857. The number of para-hydroxylation sites is 1. The molecule has 0 aliphatic rings. The SMILES string of the molecule is CC(C)C[C@H](N)C(O)c1nn(-c2ccccc2)c(=O)o1. The maximum absolute atomic E-state index is 11.8. The first-order valence-electron chi connectivity index (χ1n) is 6.58. The van der Waals surface area contributed by atoms with E-state index in [0.29, 0.717) is 18.0 Å². The number of hydrogen-bond acceptors (Lipinski definition) is 5. The molecule has 1 aromatic carbocycles. The molecule has 0 saturated carbocycles. The Morgan fingerprint density at radius 2 is 2.00 bits per heavy atom. The zero-order valence-corrected chi connectivity index (χ0v) is 11.6. The van der Waals surface area contributed by atoms with E-state index < -0.39 is 17.9 Å². The summed E-state index contributed by atoms with van der Waals surface area (Å²) in [4.78, 5) is 11.8. The molecule has 0 saturated heterocycles. The van der Waals surface area contributed by atoms with Crippen LogP contribution in [0.25, 0.3) is 5.69 Å². The Kier molecular flexibility index (Phi) is 4.36. The van der Waals surface area contributed by atoms with Gasteiger partial charge in [0.1, 0.15) is 6.10 Å². The van der Waals surface area contributed by atoms with Crippen LogP contribution in [-0.2, 0) is 0 Å². The standard InChI is InChI=1S/C14H19N3O3/c1-9(2)8-11(15)12(18)13-16-17(14(19)20-13)10-6-4-3-5-7-10/h3-7,9,11-12,18H,8,15H2,1-2H3/t11-,12?/m0/s1. The van der Waals surface area contributed by atoms with Gasteiger partial charge in [-0.15, -0.1) is 5.10 Å². The second kappa shape index (κ2) is 6.02. The van der Waals surface area contributed by atoms with Crippen molar-refractivity contribution in [3.05, 3.63) is 46.8 Å². The Morgan fingerprint density at radius 1 is 1.35 bits per heavy atom. The summed E-state index contributed by atoms with van der Waals surface area (Å²) in [7, 11) is 0. The predicted octanol–water partition coefficient (Wildman–Crippen LogP) is 1.23. The van der Waals surface area contributed by atoms with Crippen molar-refractivity contribution in [3.8, 4) is 5.69 Å². The number of nitrogens with two attached hydrogens (primary N) is 1. The molecule has 108 valence electrons. The molecule has 2 atom stereocenters. The molecule has 1 aromatic heterocycles. The van der Waals surface area contributed by atoms with Crippen molar-refractivity contribution in [2.45, 2.75) is 32.4 Å².